The van der Waals surface area contributed by atoms with Gasteiger partial charge in [0.25, 0.3) is 0 Å². The Hall–Kier alpha value is -1.65. The summed E-state index contributed by atoms with van der Waals surface area (Å²) in [6.07, 6.45) is 3.63. The molecule has 0 spiro atoms. The van der Waals surface area contributed by atoms with E-state index >= 15 is 0 Å². The number of anilines is 1. The average molecular weight is 389 g/mol. The predicted molar refractivity (Wildman–Crippen MR) is 95.8 cm³/mol. The fourth-order valence-electron chi connectivity index (χ4n) is 2.43. The van der Waals surface area contributed by atoms with Crippen molar-refractivity contribution in [3.8, 4) is 0 Å². The van der Waals surface area contributed by atoms with Crippen LogP contribution in [0.2, 0.25) is 0 Å². The zero-order chi connectivity index (χ0) is 18.9. The van der Waals surface area contributed by atoms with Crippen LogP contribution in [0.1, 0.15) is 32.6 Å². The molecular formula is C16H24FN3O5S. The van der Waals surface area contributed by atoms with Crippen molar-refractivity contribution in [2.24, 2.45) is 0 Å². The van der Waals surface area contributed by atoms with Gasteiger partial charge in [0.2, 0.25) is 0 Å². The van der Waals surface area contributed by atoms with Gasteiger partial charge in [0.1, 0.15) is 5.44 Å². The van der Waals surface area contributed by atoms with Gasteiger partial charge < -0.3 is 14.6 Å². The number of nitrogens with one attached hydrogen (secondary N) is 1. The molecule has 1 saturated heterocycles. The second-order valence-electron chi connectivity index (χ2n) is 5.90. The topological polar surface area (TPSA) is 103 Å². The van der Waals surface area contributed by atoms with Crippen LogP contribution in [-0.2, 0) is 16.0 Å². The van der Waals surface area contributed by atoms with Crippen molar-refractivity contribution in [2.45, 2.75) is 50.7 Å². The first-order chi connectivity index (χ1) is 12.5. The highest BCUT2D eigenvalue weighted by molar-refractivity contribution is 8.00. The molecule has 26 heavy (non-hydrogen) atoms. The largest absolute Gasteiger partial charge is 0.449 e. The van der Waals surface area contributed by atoms with E-state index in [-0.39, 0.29) is 31.3 Å². The number of ether oxygens (including phenoxy) is 2. The first kappa shape index (κ1) is 20.7. The maximum Gasteiger partial charge on any atom is 0.412 e. The lowest BCUT2D eigenvalue weighted by molar-refractivity contribution is 0.0260. The highest BCUT2D eigenvalue weighted by Crippen LogP contribution is 2.25. The molecule has 0 radical (unpaired) electrons. The molecule has 2 rings (SSSR count). The van der Waals surface area contributed by atoms with Gasteiger partial charge in [0.05, 0.1) is 25.9 Å². The molecule has 1 aliphatic heterocycles. The van der Waals surface area contributed by atoms with Gasteiger partial charge in [-0.25, -0.2) is 14.0 Å². The molecular weight excluding hydrogens is 365 g/mol. The molecule has 2 N–H and O–H groups in total. The molecule has 0 saturated carbocycles. The summed E-state index contributed by atoms with van der Waals surface area (Å²) in [6, 6.07) is 0. The van der Waals surface area contributed by atoms with E-state index in [0.717, 1.165) is 36.4 Å². The molecule has 0 aliphatic carbocycles. The Balaban J connectivity index is 1.88. The van der Waals surface area contributed by atoms with Crippen LogP contribution < -0.4 is 11.0 Å². The van der Waals surface area contributed by atoms with Crippen LogP contribution in [0.4, 0.5) is 15.0 Å². The number of thioether (sulfide) groups is 1. The van der Waals surface area contributed by atoms with Gasteiger partial charge in [-0.15, -0.1) is 11.8 Å². The summed E-state index contributed by atoms with van der Waals surface area (Å²) in [4.78, 5) is 27.2. The molecule has 1 fully saturated rings. The van der Waals surface area contributed by atoms with E-state index in [4.69, 9.17) is 14.6 Å². The predicted octanol–water partition coefficient (Wildman–Crippen LogP) is 1.96. The number of aromatic nitrogens is 2. The molecule has 0 bridgehead atoms. The second kappa shape index (κ2) is 10.5. The van der Waals surface area contributed by atoms with Gasteiger partial charge in [-0.05, 0) is 6.42 Å². The molecule has 2 heterocycles. The zero-order valence-electron chi connectivity index (χ0n) is 14.6. The number of aliphatic hydroxyl groups is 1. The van der Waals surface area contributed by atoms with E-state index in [1.807, 2.05) is 0 Å². The maximum atomic E-state index is 14.1. The van der Waals surface area contributed by atoms with E-state index < -0.39 is 23.4 Å². The lowest BCUT2D eigenvalue weighted by Gasteiger charge is -2.13. The summed E-state index contributed by atoms with van der Waals surface area (Å²) >= 11 is 1.43. The molecule has 0 aromatic carbocycles. The molecule has 1 aliphatic rings. The standard InChI is InChI=1S/C16H24FN3O5S/c1-2-3-4-5-6-24-16(23)19-14-12(17)8-20(15(22)18-14)7-11-10-26-13(9-21)25-11/h8,11,13,21H,2-7,9-10H2,1H3,(H,18,19,22,23)/t11-,13-/m1/s1. The van der Waals surface area contributed by atoms with Crippen molar-refractivity contribution in [3.63, 3.8) is 0 Å². The first-order valence-electron chi connectivity index (χ1n) is 8.62. The Morgan fingerprint density at radius 2 is 2.35 bits per heavy atom. The number of hydrogen-bond donors (Lipinski definition) is 2. The minimum atomic E-state index is -0.841. The third-order valence-electron chi connectivity index (χ3n) is 3.76. The van der Waals surface area contributed by atoms with E-state index in [0.29, 0.717) is 5.75 Å². The lowest BCUT2D eigenvalue weighted by atomic mass is 10.2. The minimum absolute atomic E-state index is 0.119. The Kier molecular flexibility index (Phi) is 8.33. The summed E-state index contributed by atoms with van der Waals surface area (Å²) < 4.78 is 25.6. The van der Waals surface area contributed by atoms with Gasteiger partial charge in [-0.2, -0.15) is 4.98 Å². The van der Waals surface area contributed by atoms with Crippen LogP contribution in [0.3, 0.4) is 0 Å². The first-order valence-corrected chi connectivity index (χ1v) is 9.67. The normalized spacial score (nSPS) is 19.5. The fraction of sp³-hybridized carbons (Fsp3) is 0.688. The Bertz CT molecular complexity index is 657. The summed E-state index contributed by atoms with van der Waals surface area (Å²) in [5.74, 6) is -0.708. The summed E-state index contributed by atoms with van der Waals surface area (Å²) in [5, 5.41) is 11.2. The van der Waals surface area contributed by atoms with Crippen LogP contribution in [0.15, 0.2) is 11.0 Å². The van der Waals surface area contributed by atoms with Crippen LogP contribution in [0.25, 0.3) is 0 Å². The number of halogens is 1. The summed E-state index contributed by atoms with van der Waals surface area (Å²) in [7, 11) is 0. The quantitative estimate of drug-likeness (QED) is 0.622. The van der Waals surface area contributed by atoms with Crippen molar-refractivity contribution in [1.82, 2.24) is 9.55 Å². The second-order valence-corrected chi connectivity index (χ2v) is 7.09. The molecule has 146 valence electrons. The van der Waals surface area contributed by atoms with E-state index in [2.05, 4.69) is 17.2 Å². The number of hydrogen-bond acceptors (Lipinski definition) is 7. The number of aliphatic hydroxyl groups excluding tert-OH is 1. The highest BCUT2D eigenvalue weighted by Gasteiger charge is 2.26. The third-order valence-corrected chi connectivity index (χ3v) is 4.96. The fourth-order valence-corrected chi connectivity index (χ4v) is 3.38. The molecule has 1 aromatic rings. The van der Waals surface area contributed by atoms with E-state index in [1.54, 1.807) is 0 Å². The van der Waals surface area contributed by atoms with Gasteiger partial charge in [-0.1, -0.05) is 26.2 Å². The van der Waals surface area contributed by atoms with E-state index in [1.165, 1.54) is 11.8 Å². The van der Waals surface area contributed by atoms with Crippen LogP contribution >= 0.6 is 11.8 Å². The van der Waals surface area contributed by atoms with Crippen LogP contribution in [0, 0.1) is 5.82 Å². The molecule has 0 unspecified atom stereocenters. The smallest absolute Gasteiger partial charge is 0.412 e. The van der Waals surface area contributed by atoms with Crippen molar-refractivity contribution < 1.29 is 23.8 Å². The molecule has 1 aromatic heterocycles. The van der Waals surface area contributed by atoms with Crippen molar-refractivity contribution >= 4 is 23.7 Å². The maximum absolute atomic E-state index is 14.1. The molecule has 8 nitrogen and oxygen atoms in total. The molecule has 1 amide bonds. The van der Waals surface area contributed by atoms with E-state index in [9.17, 15) is 14.0 Å². The average Bonchev–Trinajstić information content (AvgIpc) is 3.07. The van der Waals surface area contributed by atoms with Crippen LogP contribution in [0.5, 0.6) is 0 Å². The Labute approximate surface area is 155 Å². The summed E-state index contributed by atoms with van der Waals surface area (Å²) in [6.45, 7) is 2.31. The molecule has 10 heteroatoms. The van der Waals surface area contributed by atoms with Gasteiger partial charge in [-0.3, -0.25) is 9.88 Å². The minimum Gasteiger partial charge on any atom is -0.449 e. The van der Waals surface area contributed by atoms with Gasteiger partial charge in [0.15, 0.2) is 11.6 Å². The highest BCUT2D eigenvalue weighted by atomic mass is 32.2. The monoisotopic (exact) mass is 389 g/mol. The third kappa shape index (κ3) is 6.26. The van der Waals surface area contributed by atoms with Crippen molar-refractivity contribution in [3.05, 3.63) is 22.5 Å². The van der Waals surface area contributed by atoms with Crippen LogP contribution in [-0.4, -0.2) is 51.3 Å². The van der Waals surface area contributed by atoms with Gasteiger partial charge in [0, 0.05) is 11.9 Å². The number of rotatable bonds is 9. The number of amides is 1. The zero-order valence-corrected chi connectivity index (χ0v) is 15.5. The van der Waals surface area contributed by atoms with Gasteiger partial charge >= 0.3 is 11.8 Å². The lowest BCUT2D eigenvalue weighted by Crippen LogP contribution is -2.31. The SMILES string of the molecule is CCCCCCOC(=O)Nc1nc(=O)n(C[C@@H]2CS[C@H](CO)O2)cc1F. The van der Waals surface area contributed by atoms with Crippen molar-refractivity contribution in [2.75, 3.05) is 24.3 Å². The Morgan fingerprint density at radius 1 is 1.54 bits per heavy atom. The number of carbonyl (C=O) groups is 1. The number of unbranched alkanes of at least 4 members (excludes halogenated alkanes) is 3. The molecule has 2 atom stereocenters. The summed E-state index contributed by atoms with van der Waals surface area (Å²) in [5.41, 5.74) is -1.03. The van der Waals surface area contributed by atoms with Crippen molar-refractivity contribution in [1.29, 1.82) is 0 Å². The number of carbonyl (C=O) groups excluding carboxylic acids is 1. The number of nitrogens with zero attached hydrogens (tertiary/aromatic N) is 2. The Morgan fingerprint density at radius 3 is 3.04 bits per heavy atom.